The molecule has 0 fully saturated rings. The Kier molecular flexibility index (Phi) is 7.93. The van der Waals surface area contributed by atoms with Gasteiger partial charge in [0.15, 0.2) is 0 Å². The van der Waals surface area contributed by atoms with E-state index in [9.17, 15) is 27.6 Å². The van der Waals surface area contributed by atoms with Crippen molar-refractivity contribution in [3.05, 3.63) is 35.5 Å². The monoisotopic (exact) mass is 500 g/mol. The largest absolute Gasteiger partial charge is 0.416 e. The molecule has 2 unspecified atom stereocenters. The maximum absolute atomic E-state index is 13.3. The molecule has 0 aromatic carbocycles. The number of ether oxygens (including phenoxy) is 3. The van der Waals surface area contributed by atoms with Crippen LogP contribution in [-0.4, -0.2) is 78.5 Å². The van der Waals surface area contributed by atoms with Crippen LogP contribution in [0.4, 0.5) is 13.2 Å². The van der Waals surface area contributed by atoms with Gasteiger partial charge in [-0.1, -0.05) is 12.2 Å². The summed E-state index contributed by atoms with van der Waals surface area (Å²) >= 11 is 0. The van der Waals surface area contributed by atoms with Crippen molar-refractivity contribution >= 4 is 17.7 Å². The third-order valence-electron chi connectivity index (χ3n) is 6.08. The number of halogens is 3. The van der Waals surface area contributed by atoms with Crippen molar-refractivity contribution in [3.8, 4) is 0 Å². The summed E-state index contributed by atoms with van der Waals surface area (Å²) in [7, 11) is 0. The molecule has 194 valence electrons. The van der Waals surface area contributed by atoms with Gasteiger partial charge in [-0.15, -0.1) is 0 Å². The van der Waals surface area contributed by atoms with Crippen LogP contribution < -0.4 is 5.32 Å². The first kappa shape index (κ1) is 27.1. The Labute approximate surface area is 202 Å². The normalized spacial score (nSPS) is 22.2. The van der Waals surface area contributed by atoms with Gasteiger partial charge in [-0.3, -0.25) is 19.3 Å². The quantitative estimate of drug-likeness (QED) is 0.252. The molecule has 3 amide bonds. The third-order valence-corrected chi connectivity index (χ3v) is 6.08. The Balaban J connectivity index is 1.37. The minimum absolute atomic E-state index is 0.0380. The van der Waals surface area contributed by atoms with Gasteiger partial charge in [0.25, 0.3) is 17.7 Å². The van der Waals surface area contributed by atoms with Crippen LogP contribution in [0, 0.1) is 0 Å². The molecule has 2 atom stereocenters. The molecule has 3 rings (SSSR count). The van der Waals surface area contributed by atoms with Crippen LogP contribution >= 0.6 is 0 Å². The van der Waals surface area contributed by atoms with Crippen LogP contribution in [0.25, 0.3) is 0 Å². The van der Waals surface area contributed by atoms with E-state index < -0.39 is 46.6 Å². The minimum Gasteiger partial charge on any atom is -0.375 e. The Bertz CT molecular complexity index is 933. The Hall–Kier alpha value is -2.50. The van der Waals surface area contributed by atoms with E-state index in [0.29, 0.717) is 19.4 Å². The predicted molar refractivity (Wildman–Crippen MR) is 119 cm³/mol. The fraction of sp³-hybridized carbons (Fsp3) is 0.625. The van der Waals surface area contributed by atoms with Crippen LogP contribution in [0.5, 0.6) is 0 Å². The highest BCUT2D eigenvalue weighted by Gasteiger charge is 2.51. The number of amides is 3. The van der Waals surface area contributed by atoms with Crippen LogP contribution in [0.2, 0.25) is 0 Å². The number of alkyl halides is 3. The standard InChI is InChI=1S/C24H31F3N2O6/c1-22(2,9-12-29-17(30)7-8-18(29)31)33-13-10-23(3,4)34-14-11-28-21(32)19-15-5-6-16(35-15)20(19)24(25,26)27/h5-8,15-16H,9-14H2,1-4H3,(H,28,32). The fourth-order valence-electron chi connectivity index (χ4n) is 3.99. The lowest BCUT2D eigenvalue weighted by Crippen LogP contribution is -2.38. The van der Waals surface area contributed by atoms with Crippen molar-refractivity contribution in [2.24, 2.45) is 0 Å². The molecule has 3 heterocycles. The molecule has 0 aliphatic carbocycles. The van der Waals surface area contributed by atoms with Gasteiger partial charge >= 0.3 is 6.18 Å². The van der Waals surface area contributed by atoms with Gasteiger partial charge in [0.2, 0.25) is 0 Å². The van der Waals surface area contributed by atoms with E-state index in [1.807, 2.05) is 27.7 Å². The minimum atomic E-state index is -4.64. The van der Waals surface area contributed by atoms with Gasteiger partial charge in [0.1, 0.15) is 12.2 Å². The molecule has 0 spiro atoms. The predicted octanol–water partition coefficient (Wildman–Crippen LogP) is 2.59. The SMILES string of the molecule is CC(C)(CCOC(C)(C)CCN1C(=O)C=CC1=O)OCCNC(=O)C1=C(C(F)(F)F)C2C=CC1O2. The molecule has 0 saturated heterocycles. The van der Waals surface area contributed by atoms with E-state index in [1.54, 1.807) is 0 Å². The summed E-state index contributed by atoms with van der Waals surface area (Å²) < 4.78 is 56.9. The molecular formula is C24H31F3N2O6. The van der Waals surface area contributed by atoms with Crippen LogP contribution in [0.3, 0.4) is 0 Å². The third kappa shape index (κ3) is 6.80. The van der Waals surface area contributed by atoms with Crippen molar-refractivity contribution in [2.45, 2.75) is 70.1 Å². The van der Waals surface area contributed by atoms with Gasteiger partial charge in [-0.25, -0.2) is 0 Å². The highest BCUT2D eigenvalue weighted by Crippen LogP contribution is 2.43. The number of carbonyl (C=O) groups is 3. The van der Waals surface area contributed by atoms with Crippen LogP contribution in [0.1, 0.15) is 40.5 Å². The smallest absolute Gasteiger partial charge is 0.375 e. The number of hydrogen-bond donors (Lipinski definition) is 1. The van der Waals surface area contributed by atoms with Gasteiger partial charge in [0, 0.05) is 25.2 Å². The van der Waals surface area contributed by atoms with Crippen molar-refractivity contribution in [1.82, 2.24) is 10.2 Å². The zero-order valence-corrected chi connectivity index (χ0v) is 20.2. The Morgan fingerprint density at radius 1 is 0.971 bits per heavy atom. The maximum Gasteiger partial charge on any atom is 0.416 e. The van der Waals surface area contributed by atoms with E-state index in [1.165, 1.54) is 29.2 Å². The first-order chi connectivity index (χ1) is 16.2. The molecule has 0 aromatic heterocycles. The van der Waals surface area contributed by atoms with Crippen molar-refractivity contribution < 1.29 is 41.8 Å². The molecule has 11 heteroatoms. The summed E-state index contributed by atoms with van der Waals surface area (Å²) in [6.07, 6.45) is -0.619. The lowest BCUT2D eigenvalue weighted by molar-refractivity contribution is -0.138. The first-order valence-corrected chi connectivity index (χ1v) is 11.4. The summed E-state index contributed by atoms with van der Waals surface area (Å²) in [5.41, 5.74) is -2.53. The second kappa shape index (κ2) is 10.2. The zero-order valence-electron chi connectivity index (χ0n) is 20.2. The van der Waals surface area contributed by atoms with E-state index in [-0.39, 0.29) is 31.5 Å². The van der Waals surface area contributed by atoms with Crippen LogP contribution in [0.15, 0.2) is 35.5 Å². The van der Waals surface area contributed by atoms with Crippen molar-refractivity contribution in [1.29, 1.82) is 0 Å². The fourth-order valence-corrected chi connectivity index (χ4v) is 3.99. The van der Waals surface area contributed by atoms with E-state index in [0.717, 1.165) is 0 Å². The van der Waals surface area contributed by atoms with Gasteiger partial charge in [-0.2, -0.15) is 13.2 Å². The molecule has 3 aliphatic rings. The van der Waals surface area contributed by atoms with E-state index in [2.05, 4.69) is 5.32 Å². The molecule has 0 saturated carbocycles. The average molecular weight is 501 g/mol. The molecule has 8 nitrogen and oxygen atoms in total. The molecule has 2 bridgehead atoms. The van der Waals surface area contributed by atoms with E-state index >= 15 is 0 Å². The second-order valence-corrected chi connectivity index (χ2v) is 9.82. The highest BCUT2D eigenvalue weighted by atomic mass is 19.4. The van der Waals surface area contributed by atoms with Crippen molar-refractivity contribution in [3.63, 3.8) is 0 Å². The highest BCUT2D eigenvalue weighted by molar-refractivity contribution is 6.12. The molecule has 3 aliphatic heterocycles. The summed E-state index contributed by atoms with van der Waals surface area (Å²) in [6, 6.07) is 0. The number of hydrogen-bond acceptors (Lipinski definition) is 6. The van der Waals surface area contributed by atoms with Crippen LogP contribution in [-0.2, 0) is 28.6 Å². The molecule has 1 N–H and O–H groups in total. The second-order valence-electron chi connectivity index (χ2n) is 9.82. The summed E-state index contributed by atoms with van der Waals surface area (Å²) in [5, 5.41) is 2.48. The Morgan fingerprint density at radius 3 is 2.17 bits per heavy atom. The average Bonchev–Trinajstić information content (AvgIpc) is 3.44. The number of nitrogens with one attached hydrogen (secondary N) is 1. The summed E-state index contributed by atoms with van der Waals surface area (Å²) in [4.78, 5) is 36.9. The Morgan fingerprint density at radius 2 is 1.54 bits per heavy atom. The summed E-state index contributed by atoms with van der Waals surface area (Å²) in [6.45, 7) is 8.17. The van der Waals surface area contributed by atoms with Gasteiger partial charge in [-0.05, 0) is 40.5 Å². The number of fused-ring (bicyclic) bond motifs is 2. The molecule has 0 radical (unpaired) electrons. The number of carbonyl (C=O) groups excluding carboxylic acids is 3. The summed E-state index contributed by atoms with van der Waals surface area (Å²) in [5.74, 6) is -1.48. The lowest BCUT2D eigenvalue weighted by atomic mass is 9.96. The molecule has 0 aromatic rings. The maximum atomic E-state index is 13.3. The topological polar surface area (TPSA) is 94.2 Å². The molecule has 35 heavy (non-hydrogen) atoms. The van der Waals surface area contributed by atoms with Crippen molar-refractivity contribution in [2.75, 3.05) is 26.3 Å². The lowest BCUT2D eigenvalue weighted by Gasteiger charge is -2.30. The van der Waals surface area contributed by atoms with E-state index in [4.69, 9.17) is 14.2 Å². The number of imide groups is 1. The van der Waals surface area contributed by atoms with Gasteiger partial charge in [0.05, 0.1) is 35.6 Å². The zero-order chi connectivity index (χ0) is 26.0. The van der Waals surface area contributed by atoms with Gasteiger partial charge < -0.3 is 19.5 Å². The number of nitrogens with zero attached hydrogens (tertiary/aromatic N) is 1. The first-order valence-electron chi connectivity index (χ1n) is 11.4. The molecular weight excluding hydrogens is 469 g/mol. The number of rotatable bonds is 12.